The highest BCUT2D eigenvalue weighted by molar-refractivity contribution is 7.91. The van der Waals surface area contributed by atoms with Gasteiger partial charge in [0.05, 0.1) is 17.7 Å². The first kappa shape index (κ1) is 22.5. The molecule has 3 aromatic rings. The summed E-state index contributed by atoms with van der Waals surface area (Å²) in [4.78, 5) is 14.5. The van der Waals surface area contributed by atoms with Crippen molar-refractivity contribution in [3.05, 3.63) is 59.1 Å². The molecule has 2 aromatic carbocycles. The number of hydrogen-bond donors (Lipinski definition) is 1. The first-order valence-electron chi connectivity index (χ1n) is 9.67. The number of aromatic nitrogens is 2. The van der Waals surface area contributed by atoms with Crippen LogP contribution in [-0.4, -0.2) is 62.1 Å². The fourth-order valence-electron chi connectivity index (χ4n) is 3.26. The predicted octanol–water partition coefficient (Wildman–Crippen LogP) is 2.96. The number of piperazine rings is 1. The lowest BCUT2D eigenvalue weighted by molar-refractivity contribution is 0.102. The lowest BCUT2D eigenvalue weighted by Crippen LogP contribution is -2.48. The highest BCUT2D eigenvalue weighted by Gasteiger charge is 2.32. The van der Waals surface area contributed by atoms with Gasteiger partial charge in [-0.2, -0.15) is 4.31 Å². The molecule has 0 aliphatic carbocycles. The Bertz CT molecular complexity index is 1210. The Labute approximate surface area is 194 Å². The molecular formula is C20H20ClN5O4S2. The van der Waals surface area contributed by atoms with Gasteiger partial charge in [-0.1, -0.05) is 35.1 Å². The number of anilines is 2. The minimum Gasteiger partial charge on any atom is -0.497 e. The summed E-state index contributed by atoms with van der Waals surface area (Å²) in [5.74, 6) is 0.285. The quantitative estimate of drug-likeness (QED) is 0.526. The van der Waals surface area contributed by atoms with Crippen LogP contribution in [0.4, 0.5) is 10.8 Å². The van der Waals surface area contributed by atoms with Gasteiger partial charge in [-0.3, -0.25) is 10.1 Å². The van der Waals surface area contributed by atoms with Gasteiger partial charge in [-0.05, 0) is 36.4 Å². The molecule has 1 N–H and O–H groups in total. The molecule has 9 nitrogen and oxygen atoms in total. The van der Waals surface area contributed by atoms with E-state index >= 15 is 0 Å². The van der Waals surface area contributed by atoms with Crippen molar-refractivity contribution in [1.29, 1.82) is 0 Å². The highest BCUT2D eigenvalue weighted by Crippen LogP contribution is 2.27. The molecule has 32 heavy (non-hydrogen) atoms. The van der Waals surface area contributed by atoms with E-state index in [1.807, 2.05) is 24.3 Å². The Morgan fingerprint density at radius 3 is 2.41 bits per heavy atom. The molecule has 4 rings (SSSR count). The maximum atomic E-state index is 13.0. The molecule has 0 atom stereocenters. The van der Waals surface area contributed by atoms with Crippen molar-refractivity contribution in [1.82, 2.24) is 14.5 Å². The maximum absolute atomic E-state index is 13.0. The molecule has 0 saturated carbocycles. The molecule has 168 valence electrons. The molecule has 2 heterocycles. The maximum Gasteiger partial charge on any atom is 0.272 e. The smallest absolute Gasteiger partial charge is 0.272 e. The molecule has 1 aromatic heterocycles. The third-order valence-electron chi connectivity index (χ3n) is 4.98. The number of nitrogens with zero attached hydrogens (tertiary/aromatic N) is 4. The SMILES string of the molecule is COc1ccc(N2CCN(S(=O)(=O)c3nnc(NC(=O)c4ccccc4Cl)s3)CC2)cc1. The Morgan fingerprint density at radius 1 is 1.06 bits per heavy atom. The van der Waals surface area contributed by atoms with Crippen LogP contribution in [0, 0.1) is 0 Å². The van der Waals surface area contributed by atoms with Crippen LogP contribution in [0.25, 0.3) is 0 Å². The monoisotopic (exact) mass is 493 g/mol. The Morgan fingerprint density at radius 2 is 1.75 bits per heavy atom. The molecule has 0 spiro atoms. The highest BCUT2D eigenvalue weighted by atomic mass is 35.5. The molecule has 1 fully saturated rings. The standard InChI is InChI=1S/C20H20ClN5O4S2/c1-30-15-8-6-14(7-9-15)25-10-12-26(13-11-25)32(28,29)20-24-23-19(31-20)22-18(27)16-4-2-3-5-17(16)21/h2-9H,10-13H2,1H3,(H,22,23,27). The summed E-state index contributed by atoms with van der Waals surface area (Å²) in [7, 11) is -2.20. The molecular weight excluding hydrogens is 474 g/mol. The number of amides is 1. The van der Waals surface area contributed by atoms with E-state index in [1.165, 1.54) is 4.31 Å². The second kappa shape index (κ2) is 9.41. The number of nitrogens with one attached hydrogen (secondary N) is 1. The third kappa shape index (κ3) is 4.70. The van der Waals surface area contributed by atoms with Crippen molar-refractivity contribution < 1.29 is 17.9 Å². The van der Waals surface area contributed by atoms with Crippen molar-refractivity contribution in [3.8, 4) is 5.75 Å². The Kier molecular flexibility index (Phi) is 6.60. The van der Waals surface area contributed by atoms with Crippen molar-refractivity contribution in [2.45, 2.75) is 4.34 Å². The van der Waals surface area contributed by atoms with Crippen LogP contribution in [0.2, 0.25) is 5.02 Å². The fraction of sp³-hybridized carbons (Fsp3) is 0.250. The van der Waals surface area contributed by atoms with E-state index in [9.17, 15) is 13.2 Å². The normalized spacial score (nSPS) is 14.9. The van der Waals surface area contributed by atoms with Crippen molar-refractivity contribution >= 4 is 49.7 Å². The van der Waals surface area contributed by atoms with Gasteiger partial charge in [0.2, 0.25) is 9.47 Å². The lowest BCUT2D eigenvalue weighted by Gasteiger charge is -2.34. The minimum atomic E-state index is -3.81. The van der Waals surface area contributed by atoms with Crippen LogP contribution >= 0.6 is 22.9 Å². The van der Waals surface area contributed by atoms with Gasteiger partial charge in [0.1, 0.15) is 5.75 Å². The topological polar surface area (TPSA) is 105 Å². The van der Waals surface area contributed by atoms with Gasteiger partial charge in [0.15, 0.2) is 0 Å². The van der Waals surface area contributed by atoms with Crippen LogP contribution in [-0.2, 0) is 10.0 Å². The van der Waals surface area contributed by atoms with Crippen molar-refractivity contribution in [2.75, 3.05) is 43.5 Å². The molecule has 0 unspecified atom stereocenters. The zero-order valence-corrected chi connectivity index (χ0v) is 19.5. The minimum absolute atomic E-state index is 0.0883. The number of carbonyl (C=O) groups is 1. The number of halogens is 1. The first-order valence-corrected chi connectivity index (χ1v) is 12.3. The second-order valence-corrected chi connectivity index (χ2v) is 10.4. The molecule has 1 saturated heterocycles. The van der Waals surface area contributed by atoms with E-state index < -0.39 is 15.9 Å². The van der Waals surface area contributed by atoms with Gasteiger partial charge in [0.25, 0.3) is 15.9 Å². The van der Waals surface area contributed by atoms with E-state index in [4.69, 9.17) is 16.3 Å². The summed E-state index contributed by atoms with van der Waals surface area (Å²) in [5.41, 5.74) is 1.27. The largest absolute Gasteiger partial charge is 0.497 e. The van der Waals surface area contributed by atoms with Gasteiger partial charge in [0, 0.05) is 31.9 Å². The van der Waals surface area contributed by atoms with Crippen LogP contribution in [0.3, 0.4) is 0 Å². The number of carbonyl (C=O) groups excluding carboxylic acids is 1. The van der Waals surface area contributed by atoms with Gasteiger partial charge in [-0.15, -0.1) is 10.2 Å². The number of benzene rings is 2. The van der Waals surface area contributed by atoms with Crippen molar-refractivity contribution in [3.63, 3.8) is 0 Å². The summed E-state index contributed by atoms with van der Waals surface area (Å²) in [6.45, 7) is 1.71. The Balaban J connectivity index is 1.40. The van der Waals surface area contributed by atoms with Crippen LogP contribution in [0.5, 0.6) is 5.75 Å². The summed E-state index contributed by atoms with van der Waals surface area (Å²) < 4.78 is 32.4. The van der Waals surface area contributed by atoms with Gasteiger partial charge < -0.3 is 9.64 Å². The average molecular weight is 494 g/mol. The average Bonchev–Trinajstić information content (AvgIpc) is 3.29. The molecule has 0 radical (unpaired) electrons. The summed E-state index contributed by atoms with van der Waals surface area (Å²) in [6.07, 6.45) is 0. The van der Waals surface area contributed by atoms with E-state index in [0.717, 1.165) is 22.8 Å². The fourth-order valence-corrected chi connectivity index (χ4v) is 5.94. The molecule has 0 bridgehead atoms. The second-order valence-electron chi connectivity index (χ2n) is 6.90. The first-order chi connectivity index (χ1) is 15.4. The number of methoxy groups -OCH3 is 1. The lowest BCUT2D eigenvalue weighted by atomic mass is 10.2. The van der Waals surface area contributed by atoms with E-state index in [1.54, 1.807) is 31.4 Å². The van der Waals surface area contributed by atoms with E-state index in [2.05, 4.69) is 20.4 Å². The predicted molar refractivity (Wildman–Crippen MR) is 123 cm³/mol. The zero-order chi connectivity index (χ0) is 22.7. The Hall–Kier alpha value is -2.73. The number of ether oxygens (including phenoxy) is 1. The third-order valence-corrected chi connectivity index (χ3v) is 8.39. The van der Waals surface area contributed by atoms with Crippen molar-refractivity contribution in [2.24, 2.45) is 0 Å². The molecule has 1 aliphatic rings. The number of rotatable bonds is 6. The summed E-state index contributed by atoms with van der Waals surface area (Å²) >= 11 is 6.84. The summed E-state index contributed by atoms with van der Waals surface area (Å²) in [5, 5.41) is 10.5. The van der Waals surface area contributed by atoms with Crippen LogP contribution in [0.15, 0.2) is 52.9 Å². The molecule has 1 aliphatic heterocycles. The van der Waals surface area contributed by atoms with Gasteiger partial charge >= 0.3 is 0 Å². The van der Waals surface area contributed by atoms with Gasteiger partial charge in [-0.25, -0.2) is 8.42 Å². The van der Waals surface area contributed by atoms with Crippen LogP contribution < -0.4 is 15.0 Å². The number of sulfonamides is 1. The van der Waals surface area contributed by atoms with Crippen LogP contribution in [0.1, 0.15) is 10.4 Å². The summed E-state index contributed by atoms with van der Waals surface area (Å²) in [6, 6.07) is 14.2. The zero-order valence-electron chi connectivity index (χ0n) is 17.1. The number of hydrogen-bond acceptors (Lipinski definition) is 8. The van der Waals surface area contributed by atoms with E-state index in [0.29, 0.717) is 26.2 Å². The van der Waals surface area contributed by atoms with E-state index in [-0.39, 0.29) is 20.1 Å². The molecule has 1 amide bonds. The molecule has 12 heteroatoms.